The topological polar surface area (TPSA) is 91.5 Å². The average Bonchev–Trinajstić information content (AvgIpc) is 2.72. The van der Waals surface area contributed by atoms with E-state index < -0.39 is 10.0 Å². The van der Waals surface area contributed by atoms with E-state index in [1.54, 1.807) is 11.4 Å². The molecule has 0 fully saturated rings. The summed E-state index contributed by atoms with van der Waals surface area (Å²) in [5.74, 6) is 0. The van der Waals surface area contributed by atoms with Crippen molar-refractivity contribution >= 4 is 21.4 Å². The molecule has 0 atom stereocenters. The molecule has 0 bridgehead atoms. The van der Waals surface area contributed by atoms with Crippen LogP contribution < -0.4 is 5.73 Å². The van der Waals surface area contributed by atoms with Gasteiger partial charge in [0, 0.05) is 0 Å². The molecule has 1 heterocycles. The first-order valence-corrected chi connectivity index (χ1v) is 6.56. The molecule has 1 rings (SSSR count). The number of nitrogens with zero attached hydrogens (tertiary/aromatic N) is 3. The molecule has 0 radical (unpaired) electrons. The highest BCUT2D eigenvalue weighted by Gasteiger charge is 2.33. The van der Waals surface area contributed by atoms with Gasteiger partial charge in [0.25, 0.3) is 5.39 Å². The largest absolute Gasteiger partial charge is 0.335 e. The second-order valence-corrected chi connectivity index (χ2v) is 5.73. The summed E-state index contributed by atoms with van der Waals surface area (Å²) < 4.78 is 24.3. The molecule has 0 unspecified atom stereocenters. The summed E-state index contributed by atoms with van der Waals surface area (Å²) in [6.07, 6.45) is 0.439. The van der Waals surface area contributed by atoms with E-state index in [1.807, 2.05) is 0 Å². The fourth-order valence-corrected chi connectivity index (χ4v) is 3.24. The van der Waals surface area contributed by atoms with Crippen molar-refractivity contribution in [1.29, 1.82) is 5.39 Å². The quantitative estimate of drug-likeness (QED) is 0.617. The van der Waals surface area contributed by atoms with Crippen molar-refractivity contribution in [2.24, 2.45) is 5.73 Å². The first kappa shape index (κ1) is 11.9. The summed E-state index contributed by atoms with van der Waals surface area (Å²) in [5, 5.41) is 13.0. The lowest BCUT2D eigenvalue weighted by Gasteiger charge is -2.02. The van der Waals surface area contributed by atoms with Crippen molar-refractivity contribution in [2.75, 3.05) is 13.1 Å². The van der Waals surface area contributed by atoms with E-state index in [0.29, 0.717) is 17.4 Å². The number of rotatable bonds is 5. The van der Waals surface area contributed by atoms with E-state index >= 15 is 0 Å². The molecule has 0 saturated carbocycles. The van der Waals surface area contributed by atoms with Crippen molar-refractivity contribution in [3.05, 3.63) is 22.6 Å². The fourth-order valence-electron chi connectivity index (χ4n) is 0.954. The Morgan fingerprint density at radius 3 is 2.80 bits per heavy atom. The standard InChI is InChI=1S/C7H11N4O2S2/c8-4-2-5-11(10-9)15(12,13)7-3-1-6-14-7/h1,3,6H,2,4-5,8H2/q+1. The highest BCUT2D eigenvalue weighted by Crippen LogP contribution is 2.21. The van der Waals surface area contributed by atoms with Gasteiger partial charge in [-0.3, -0.25) is 0 Å². The van der Waals surface area contributed by atoms with Gasteiger partial charge in [-0.15, -0.1) is 11.3 Å². The predicted molar refractivity (Wildman–Crippen MR) is 57.0 cm³/mol. The average molecular weight is 247 g/mol. The maximum atomic E-state index is 11.8. The molecule has 6 nitrogen and oxygen atoms in total. The number of nitrogens with two attached hydrogens (primary N) is 1. The minimum absolute atomic E-state index is 0.0766. The van der Waals surface area contributed by atoms with Crippen LogP contribution in [-0.2, 0) is 10.0 Å². The third kappa shape index (κ3) is 2.65. The van der Waals surface area contributed by atoms with E-state index in [2.05, 4.69) is 5.08 Å². The lowest BCUT2D eigenvalue weighted by atomic mass is 10.4. The van der Waals surface area contributed by atoms with Crippen molar-refractivity contribution < 1.29 is 8.42 Å². The number of sulfonamides is 1. The molecule has 8 heteroatoms. The first-order valence-electron chi connectivity index (χ1n) is 4.24. The molecular formula is C7H11N4O2S2+. The van der Waals surface area contributed by atoms with E-state index in [4.69, 9.17) is 11.1 Å². The highest BCUT2D eigenvalue weighted by atomic mass is 32.2. The fraction of sp³-hybridized carbons (Fsp3) is 0.429. The molecular weight excluding hydrogens is 236 g/mol. The highest BCUT2D eigenvalue weighted by molar-refractivity contribution is 7.91. The van der Waals surface area contributed by atoms with Gasteiger partial charge >= 0.3 is 15.1 Å². The van der Waals surface area contributed by atoms with Gasteiger partial charge in [0.05, 0.1) is 4.41 Å². The summed E-state index contributed by atoms with van der Waals surface area (Å²) in [7, 11) is -3.70. The second-order valence-electron chi connectivity index (χ2n) is 2.71. The third-order valence-corrected chi connectivity index (χ3v) is 4.72. The Labute approximate surface area is 92.0 Å². The van der Waals surface area contributed by atoms with Crippen LogP contribution in [-0.4, -0.2) is 25.9 Å². The Morgan fingerprint density at radius 2 is 2.33 bits per heavy atom. The van der Waals surface area contributed by atoms with Crippen molar-refractivity contribution in [2.45, 2.75) is 10.6 Å². The zero-order chi connectivity index (χ0) is 11.3. The van der Waals surface area contributed by atoms with Crippen LogP contribution >= 0.6 is 11.3 Å². The van der Waals surface area contributed by atoms with Crippen LogP contribution in [0.4, 0.5) is 0 Å². The van der Waals surface area contributed by atoms with Crippen LogP contribution in [0.5, 0.6) is 0 Å². The molecule has 82 valence electrons. The summed E-state index contributed by atoms with van der Waals surface area (Å²) in [4.78, 5) is 0. The molecule has 0 spiro atoms. The summed E-state index contributed by atoms with van der Waals surface area (Å²) in [6.45, 7) is 0.416. The van der Waals surface area contributed by atoms with Crippen molar-refractivity contribution in [1.82, 2.24) is 4.41 Å². The maximum Gasteiger partial charge on any atom is 0.335 e. The third-order valence-electron chi connectivity index (χ3n) is 1.68. The van der Waals surface area contributed by atoms with Crippen molar-refractivity contribution in [3.8, 4) is 0 Å². The van der Waals surface area contributed by atoms with Crippen LogP contribution in [0.15, 0.2) is 21.7 Å². The Morgan fingerprint density at radius 1 is 1.60 bits per heavy atom. The van der Waals surface area contributed by atoms with Crippen LogP contribution in [0.1, 0.15) is 6.42 Å². The van der Waals surface area contributed by atoms with Crippen LogP contribution in [0, 0.1) is 5.39 Å². The number of hydrogen-bond donors (Lipinski definition) is 1. The van der Waals surface area contributed by atoms with Gasteiger partial charge in [-0.25, -0.2) is 0 Å². The van der Waals surface area contributed by atoms with Crippen LogP contribution in [0.2, 0.25) is 0 Å². The van der Waals surface area contributed by atoms with E-state index in [-0.39, 0.29) is 10.8 Å². The minimum atomic E-state index is -3.70. The van der Waals surface area contributed by atoms with Gasteiger partial charge in [-0.1, -0.05) is 6.07 Å². The molecule has 0 aromatic carbocycles. The predicted octanol–water partition coefficient (Wildman–Crippen LogP) is 0.856. The van der Waals surface area contributed by atoms with Gasteiger partial charge in [0.15, 0.2) is 0 Å². The number of thiophene rings is 1. The zero-order valence-corrected chi connectivity index (χ0v) is 9.54. The normalized spacial score (nSPS) is 10.9. The molecule has 0 aliphatic carbocycles. The van der Waals surface area contributed by atoms with Gasteiger partial charge in [-0.2, -0.15) is 8.42 Å². The van der Waals surface area contributed by atoms with Crippen LogP contribution in [0.3, 0.4) is 0 Å². The van der Waals surface area contributed by atoms with Gasteiger partial charge in [-0.05, 0) is 24.4 Å². The molecule has 0 aliphatic heterocycles. The first-order chi connectivity index (χ1) is 7.12. The van der Waals surface area contributed by atoms with Gasteiger partial charge in [0.2, 0.25) is 0 Å². The molecule has 15 heavy (non-hydrogen) atoms. The van der Waals surface area contributed by atoms with Gasteiger partial charge < -0.3 is 5.73 Å². The second kappa shape index (κ2) is 5.06. The summed E-state index contributed by atoms with van der Waals surface area (Å²) >= 11 is 1.08. The Hall–Kier alpha value is -1.17. The Kier molecular flexibility index (Phi) is 4.02. The lowest BCUT2D eigenvalue weighted by molar-refractivity contribution is 0.483. The number of diazo groups is 1. The Bertz CT molecular complexity index is 434. The molecule has 0 aliphatic rings. The summed E-state index contributed by atoms with van der Waals surface area (Å²) in [5.41, 5.74) is 5.25. The van der Waals surface area contributed by atoms with E-state index in [9.17, 15) is 8.42 Å². The lowest BCUT2D eigenvalue weighted by Crippen LogP contribution is -2.26. The molecule has 1 aromatic heterocycles. The SMILES string of the molecule is N#[N+]N(CCCN)S(=O)(=O)c1cccs1. The molecule has 2 N–H and O–H groups in total. The van der Waals surface area contributed by atoms with Crippen molar-refractivity contribution in [3.63, 3.8) is 0 Å². The Balaban J connectivity index is 2.90. The van der Waals surface area contributed by atoms with E-state index in [0.717, 1.165) is 11.3 Å². The number of hydrogen-bond acceptors (Lipinski definition) is 5. The van der Waals surface area contributed by atoms with Crippen LogP contribution in [0.25, 0.3) is 5.08 Å². The van der Waals surface area contributed by atoms with E-state index in [1.165, 1.54) is 6.07 Å². The molecule has 0 amide bonds. The monoisotopic (exact) mass is 247 g/mol. The smallest absolute Gasteiger partial charge is 0.330 e. The summed E-state index contributed by atoms with van der Waals surface area (Å²) in [6, 6.07) is 3.08. The minimum Gasteiger partial charge on any atom is -0.330 e. The molecule has 0 saturated heterocycles. The molecule has 1 aromatic rings. The van der Waals surface area contributed by atoms with Gasteiger partial charge in [0.1, 0.15) is 10.8 Å². The maximum absolute atomic E-state index is 11.8. The zero-order valence-electron chi connectivity index (χ0n) is 7.91.